The maximum atomic E-state index is 11.6. The van der Waals surface area contributed by atoms with E-state index in [1.807, 2.05) is 60.7 Å². The van der Waals surface area contributed by atoms with E-state index in [2.05, 4.69) is 15.0 Å². The fourth-order valence-corrected chi connectivity index (χ4v) is 2.14. The SMILES string of the molecule is O=c1nc(OCOCc2ccccc2)nc(OCOCc2ccccc2)[nH]1. The zero-order chi connectivity index (χ0) is 18.7. The topological polar surface area (TPSA) is 95.6 Å². The van der Waals surface area contributed by atoms with Gasteiger partial charge >= 0.3 is 17.7 Å². The predicted molar refractivity (Wildman–Crippen MR) is 96.1 cm³/mol. The molecule has 8 nitrogen and oxygen atoms in total. The molecule has 1 aromatic heterocycles. The monoisotopic (exact) mass is 369 g/mol. The molecule has 3 aromatic rings. The van der Waals surface area contributed by atoms with Crippen molar-refractivity contribution in [1.29, 1.82) is 0 Å². The second kappa shape index (κ2) is 10.0. The summed E-state index contributed by atoms with van der Waals surface area (Å²) in [4.78, 5) is 21.5. The van der Waals surface area contributed by atoms with Crippen LogP contribution >= 0.6 is 0 Å². The average molecular weight is 369 g/mol. The van der Waals surface area contributed by atoms with Gasteiger partial charge in [0, 0.05) is 0 Å². The van der Waals surface area contributed by atoms with E-state index < -0.39 is 5.69 Å². The quantitative estimate of drug-likeness (QED) is 0.433. The van der Waals surface area contributed by atoms with E-state index in [1.54, 1.807) is 0 Å². The van der Waals surface area contributed by atoms with Crippen molar-refractivity contribution in [3.05, 3.63) is 82.3 Å². The number of hydrogen-bond acceptors (Lipinski definition) is 7. The number of aromatic amines is 1. The molecule has 140 valence electrons. The third-order valence-corrected chi connectivity index (χ3v) is 3.38. The summed E-state index contributed by atoms with van der Waals surface area (Å²) < 4.78 is 21.3. The van der Waals surface area contributed by atoms with Crippen LogP contribution in [0.1, 0.15) is 11.1 Å². The highest BCUT2D eigenvalue weighted by molar-refractivity contribution is 5.14. The molecule has 0 aliphatic carbocycles. The molecule has 0 saturated carbocycles. The Labute approximate surface area is 155 Å². The lowest BCUT2D eigenvalue weighted by Crippen LogP contribution is -2.17. The normalized spacial score (nSPS) is 10.5. The summed E-state index contributed by atoms with van der Waals surface area (Å²) >= 11 is 0. The van der Waals surface area contributed by atoms with Gasteiger partial charge < -0.3 is 18.9 Å². The molecule has 0 saturated heterocycles. The Bertz CT molecular complexity index is 803. The van der Waals surface area contributed by atoms with Crippen LogP contribution in [-0.4, -0.2) is 28.5 Å². The summed E-state index contributed by atoms with van der Waals surface area (Å²) in [6, 6.07) is 19.1. The Morgan fingerprint density at radius 2 is 1.30 bits per heavy atom. The molecule has 3 rings (SSSR count). The molecule has 0 bridgehead atoms. The number of rotatable bonds is 10. The molecule has 0 unspecified atom stereocenters. The summed E-state index contributed by atoms with van der Waals surface area (Å²) in [7, 11) is 0. The van der Waals surface area contributed by atoms with Crippen molar-refractivity contribution in [2.75, 3.05) is 13.6 Å². The molecule has 0 fully saturated rings. The minimum atomic E-state index is -0.638. The van der Waals surface area contributed by atoms with Crippen LogP contribution in [0.3, 0.4) is 0 Å². The van der Waals surface area contributed by atoms with Crippen LogP contribution in [-0.2, 0) is 22.7 Å². The van der Waals surface area contributed by atoms with E-state index in [4.69, 9.17) is 18.9 Å². The third-order valence-electron chi connectivity index (χ3n) is 3.38. The van der Waals surface area contributed by atoms with Crippen molar-refractivity contribution in [2.24, 2.45) is 0 Å². The first-order valence-electron chi connectivity index (χ1n) is 8.27. The van der Waals surface area contributed by atoms with Crippen LogP contribution in [0, 0.1) is 0 Å². The summed E-state index contributed by atoms with van der Waals surface area (Å²) in [6.07, 6.45) is 0. The van der Waals surface area contributed by atoms with E-state index in [9.17, 15) is 4.79 Å². The number of hydrogen-bond donors (Lipinski definition) is 1. The van der Waals surface area contributed by atoms with Crippen LogP contribution in [0.4, 0.5) is 0 Å². The van der Waals surface area contributed by atoms with Crippen LogP contribution in [0.2, 0.25) is 0 Å². The largest absolute Gasteiger partial charge is 0.437 e. The molecule has 0 spiro atoms. The van der Waals surface area contributed by atoms with E-state index >= 15 is 0 Å². The molecule has 2 aromatic carbocycles. The van der Waals surface area contributed by atoms with Gasteiger partial charge in [-0.2, -0.15) is 0 Å². The predicted octanol–water partition coefficient (Wildman–Crippen LogP) is 2.27. The van der Waals surface area contributed by atoms with Gasteiger partial charge in [-0.1, -0.05) is 60.7 Å². The molecule has 0 atom stereocenters. The Balaban J connectivity index is 1.42. The van der Waals surface area contributed by atoms with Gasteiger partial charge in [0.2, 0.25) is 0 Å². The van der Waals surface area contributed by atoms with E-state index in [-0.39, 0.29) is 25.6 Å². The molecule has 0 amide bonds. The Morgan fingerprint density at radius 1 is 0.741 bits per heavy atom. The van der Waals surface area contributed by atoms with Crippen molar-refractivity contribution in [1.82, 2.24) is 15.0 Å². The van der Waals surface area contributed by atoms with Crippen LogP contribution in [0.15, 0.2) is 65.5 Å². The van der Waals surface area contributed by atoms with Gasteiger partial charge in [0.15, 0.2) is 13.6 Å². The number of H-pyrrole nitrogens is 1. The fourth-order valence-electron chi connectivity index (χ4n) is 2.14. The molecule has 0 aliphatic rings. The molecule has 1 N–H and O–H groups in total. The Hall–Kier alpha value is -3.23. The van der Waals surface area contributed by atoms with Gasteiger partial charge in [0.05, 0.1) is 13.2 Å². The van der Waals surface area contributed by atoms with Crippen molar-refractivity contribution < 1.29 is 18.9 Å². The fraction of sp³-hybridized carbons (Fsp3) is 0.211. The van der Waals surface area contributed by atoms with Crippen molar-refractivity contribution >= 4 is 0 Å². The molecular formula is C19H19N3O5. The highest BCUT2D eigenvalue weighted by Gasteiger charge is 2.05. The number of ether oxygens (including phenoxy) is 4. The lowest BCUT2D eigenvalue weighted by atomic mass is 10.2. The first-order chi connectivity index (χ1) is 13.3. The van der Waals surface area contributed by atoms with Crippen molar-refractivity contribution in [2.45, 2.75) is 13.2 Å². The molecular weight excluding hydrogens is 350 g/mol. The summed E-state index contributed by atoms with van der Waals surface area (Å²) in [5.41, 5.74) is 1.38. The second-order valence-electron chi connectivity index (χ2n) is 5.43. The minimum absolute atomic E-state index is 0.0406. The zero-order valence-corrected chi connectivity index (χ0v) is 14.5. The lowest BCUT2D eigenvalue weighted by Gasteiger charge is -2.08. The summed E-state index contributed by atoms with van der Waals surface area (Å²) in [5, 5.41) is 0. The molecule has 1 heterocycles. The molecule has 27 heavy (non-hydrogen) atoms. The standard InChI is InChI=1S/C19H19N3O5/c23-17-20-18(26-13-24-11-15-7-3-1-4-8-15)22-19(21-17)27-14-25-12-16-9-5-2-6-10-16/h1-10H,11-14H2,(H,20,21,22,23). The smallest absolute Gasteiger partial charge is 0.353 e. The average Bonchev–Trinajstić information content (AvgIpc) is 2.70. The van der Waals surface area contributed by atoms with E-state index in [0.29, 0.717) is 13.2 Å². The highest BCUT2D eigenvalue weighted by atomic mass is 16.7. The first-order valence-corrected chi connectivity index (χ1v) is 8.27. The minimum Gasteiger partial charge on any atom is -0.437 e. The Kier molecular flexibility index (Phi) is 6.91. The molecule has 0 aliphatic heterocycles. The third kappa shape index (κ3) is 6.53. The van der Waals surface area contributed by atoms with Gasteiger partial charge in [-0.15, -0.1) is 9.97 Å². The van der Waals surface area contributed by atoms with E-state index in [1.165, 1.54) is 0 Å². The first kappa shape index (κ1) is 18.6. The maximum absolute atomic E-state index is 11.6. The lowest BCUT2D eigenvalue weighted by molar-refractivity contribution is -0.00800. The van der Waals surface area contributed by atoms with Gasteiger partial charge in [0.25, 0.3) is 0 Å². The van der Waals surface area contributed by atoms with Crippen molar-refractivity contribution in [3.8, 4) is 12.0 Å². The Morgan fingerprint density at radius 3 is 1.89 bits per heavy atom. The van der Waals surface area contributed by atoms with Gasteiger partial charge in [-0.05, 0) is 11.1 Å². The second-order valence-corrected chi connectivity index (χ2v) is 5.43. The number of nitrogens with one attached hydrogen (secondary N) is 1. The number of aromatic nitrogens is 3. The number of nitrogens with zero attached hydrogens (tertiary/aromatic N) is 2. The van der Waals surface area contributed by atoms with E-state index in [0.717, 1.165) is 11.1 Å². The molecule has 0 radical (unpaired) electrons. The maximum Gasteiger partial charge on any atom is 0.353 e. The van der Waals surface area contributed by atoms with Crippen LogP contribution < -0.4 is 15.2 Å². The molecule has 8 heteroatoms. The summed E-state index contributed by atoms with van der Waals surface area (Å²) in [5.74, 6) is 0. The van der Waals surface area contributed by atoms with Gasteiger partial charge in [-0.3, -0.25) is 4.98 Å². The van der Waals surface area contributed by atoms with Gasteiger partial charge in [0.1, 0.15) is 0 Å². The summed E-state index contributed by atoms with van der Waals surface area (Å²) in [6.45, 7) is 0.585. The highest BCUT2D eigenvalue weighted by Crippen LogP contribution is 2.06. The van der Waals surface area contributed by atoms with Crippen molar-refractivity contribution in [3.63, 3.8) is 0 Å². The van der Waals surface area contributed by atoms with Crippen LogP contribution in [0.25, 0.3) is 0 Å². The zero-order valence-electron chi connectivity index (χ0n) is 14.5. The number of benzene rings is 2. The van der Waals surface area contributed by atoms with Crippen LogP contribution in [0.5, 0.6) is 12.0 Å². The van der Waals surface area contributed by atoms with Gasteiger partial charge in [-0.25, -0.2) is 4.79 Å².